The molecule has 4 aromatic rings. The number of pyridine rings is 1. The van der Waals surface area contributed by atoms with Gasteiger partial charge >= 0.3 is 0 Å². The van der Waals surface area contributed by atoms with Crippen LogP contribution in [0.2, 0.25) is 0 Å². The van der Waals surface area contributed by atoms with Crippen molar-refractivity contribution < 1.29 is 9.59 Å². The van der Waals surface area contributed by atoms with Crippen LogP contribution in [0, 0.1) is 0 Å². The van der Waals surface area contributed by atoms with Crippen LogP contribution in [0.3, 0.4) is 0 Å². The third-order valence-electron chi connectivity index (χ3n) is 4.80. The monoisotopic (exact) mass is 411 g/mol. The fourth-order valence-corrected chi connectivity index (χ4v) is 3.31. The molecule has 0 aliphatic carbocycles. The van der Waals surface area contributed by atoms with E-state index in [1.165, 1.54) is 0 Å². The van der Waals surface area contributed by atoms with Crippen LogP contribution in [0.4, 0.5) is 11.6 Å². The number of nitrogens with zero attached hydrogens (tertiary/aromatic N) is 3. The number of nitrogens with one attached hydrogen (secondary N) is 1. The van der Waals surface area contributed by atoms with Crippen molar-refractivity contribution >= 4 is 34.9 Å². The van der Waals surface area contributed by atoms with E-state index in [-0.39, 0.29) is 24.7 Å². The highest BCUT2D eigenvalue weighted by atomic mass is 16.1. The van der Waals surface area contributed by atoms with E-state index in [2.05, 4.69) is 15.3 Å². The summed E-state index contributed by atoms with van der Waals surface area (Å²) in [6, 6.07) is 21.2. The quantitative estimate of drug-likeness (QED) is 0.448. The molecule has 31 heavy (non-hydrogen) atoms. The summed E-state index contributed by atoms with van der Waals surface area (Å²) in [7, 11) is 0. The second-order valence-corrected chi connectivity index (χ2v) is 7.09. The molecule has 0 saturated carbocycles. The number of fused-ring (bicyclic) bond motifs is 1. The zero-order valence-corrected chi connectivity index (χ0v) is 16.8. The van der Waals surface area contributed by atoms with Crippen molar-refractivity contribution in [1.29, 1.82) is 0 Å². The number of carbonyl (C=O) groups excluding carboxylic acids is 2. The van der Waals surface area contributed by atoms with Crippen LogP contribution in [0.25, 0.3) is 22.3 Å². The Morgan fingerprint density at radius 1 is 0.935 bits per heavy atom. The van der Waals surface area contributed by atoms with Crippen molar-refractivity contribution in [2.45, 2.75) is 19.3 Å². The summed E-state index contributed by atoms with van der Waals surface area (Å²) < 4.78 is 0. The first kappa shape index (κ1) is 20.2. The number of carbonyl (C=O) groups is 2. The Hall–Kier alpha value is -4.13. The fraction of sp³-hybridized carbons (Fsp3) is 0.125. The first-order chi connectivity index (χ1) is 15.1. The van der Waals surface area contributed by atoms with Gasteiger partial charge in [-0.1, -0.05) is 42.5 Å². The van der Waals surface area contributed by atoms with E-state index >= 15 is 0 Å². The Labute approximate surface area is 179 Å². The van der Waals surface area contributed by atoms with Crippen LogP contribution in [-0.2, 0) is 16.0 Å². The van der Waals surface area contributed by atoms with E-state index in [0.29, 0.717) is 23.1 Å². The number of benzene rings is 2. The lowest BCUT2D eigenvalue weighted by Crippen LogP contribution is -2.11. The summed E-state index contributed by atoms with van der Waals surface area (Å²) in [4.78, 5) is 35.7. The topological polar surface area (TPSA) is 111 Å². The number of rotatable bonds is 7. The molecule has 7 nitrogen and oxygen atoms in total. The maximum Gasteiger partial charge on any atom is 0.224 e. The largest absolute Gasteiger partial charge is 0.368 e. The lowest BCUT2D eigenvalue weighted by molar-refractivity contribution is -0.118. The van der Waals surface area contributed by atoms with Crippen LogP contribution < -0.4 is 11.1 Å². The van der Waals surface area contributed by atoms with Crippen LogP contribution >= 0.6 is 0 Å². The fourth-order valence-electron chi connectivity index (χ4n) is 3.31. The van der Waals surface area contributed by atoms with Crippen molar-refractivity contribution in [2.24, 2.45) is 0 Å². The summed E-state index contributed by atoms with van der Waals surface area (Å²) in [6.45, 7) is 0. The van der Waals surface area contributed by atoms with Crippen molar-refractivity contribution in [3.8, 4) is 11.3 Å². The smallest absolute Gasteiger partial charge is 0.224 e. The molecular weight excluding hydrogens is 390 g/mol. The van der Waals surface area contributed by atoms with E-state index in [1.807, 2.05) is 66.7 Å². The van der Waals surface area contributed by atoms with Crippen LogP contribution in [-0.4, -0.2) is 27.1 Å². The Morgan fingerprint density at radius 2 is 1.71 bits per heavy atom. The first-order valence-corrected chi connectivity index (χ1v) is 9.93. The van der Waals surface area contributed by atoms with Crippen LogP contribution in [0.1, 0.15) is 24.1 Å². The average Bonchev–Trinajstić information content (AvgIpc) is 2.78. The van der Waals surface area contributed by atoms with Crippen LogP contribution in [0.5, 0.6) is 0 Å². The SMILES string of the molecule is Nc1nc(Cc2ccccc2)c2nc(-c3ccc(NC(=O)CCC=O)cc3)ccc2n1. The number of hydrogen-bond acceptors (Lipinski definition) is 6. The Balaban J connectivity index is 1.62. The minimum absolute atomic E-state index is 0.171. The Morgan fingerprint density at radius 3 is 2.45 bits per heavy atom. The number of aldehydes is 1. The molecule has 0 radical (unpaired) electrons. The van der Waals surface area contributed by atoms with Gasteiger partial charge < -0.3 is 15.8 Å². The Kier molecular flexibility index (Phi) is 5.93. The summed E-state index contributed by atoms with van der Waals surface area (Å²) in [6.07, 6.45) is 1.72. The van der Waals surface area contributed by atoms with Gasteiger partial charge in [0, 0.05) is 30.5 Å². The lowest BCUT2D eigenvalue weighted by atomic mass is 10.1. The second kappa shape index (κ2) is 9.13. The van der Waals surface area contributed by atoms with Gasteiger partial charge in [0.1, 0.15) is 11.8 Å². The van der Waals surface area contributed by atoms with Gasteiger partial charge in [0.15, 0.2) is 0 Å². The van der Waals surface area contributed by atoms with Gasteiger partial charge in [-0.15, -0.1) is 0 Å². The second-order valence-electron chi connectivity index (χ2n) is 7.09. The average molecular weight is 411 g/mol. The normalized spacial score (nSPS) is 10.7. The summed E-state index contributed by atoms with van der Waals surface area (Å²) in [5, 5.41) is 2.78. The molecule has 1 amide bonds. The molecule has 3 N–H and O–H groups in total. The molecule has 2 aromatic carbocycles. The molecule has 4 rings (SSSR count). The molecule has 0 fully saturated rings. The highest BCUT2D eigenvalue weighted by Gasteiger charge is 2.11. The zero-order chi connectivity index (χ0) is 21.6. The molecule has 0 unspecified atom stereocenters. The standard InChI is InChI=1S/C24H21N5O2/c25-24-28-20-13-12-19(17-8-10-18(11-9-17)26-22(31)7-4-14-30)27-23(20)21(29-24)15-16-5-2-1-3-6-16/h1-3,5-6,8-14H,4,7,15H2,(H,26,31)(H2,25,28,29). The number of nitrogens with two attached hydrogens (primary N) is 1. The molecule has 154 valence electrons. The molecule has 2 heterocycles. The third kappa shape index (κ3) is 4.90. The number of nitrogen functional groups attached to an aromatic ring is 1. The van der Waals surface area contributed by atoms with Gasteiger partial charge in [0.25, 0.3) is 0 Å². The molecule has 0 aliphatic rings. The molecule has 0 bridgehead atoms. The maximum absolute atomic E-state index is 11.8. The number of anilines is 2. The highest BCUT2D eigenvalue weighted by molar-refractivity contribution is 5.92. The number of aromatic nitrogens is 3. The molecule has 2 aromatic heterocycles. The summed E-state index contributed by atoms with van der Waals surface area (Å²) in [5.41, 5.74) is 11.5. The first-order valence-electron chi connectivity index (χ1n) is 9.93. The van der Waals surface area contributed by atoms with E-state index in [9.17, 15) is 9.59 Å². The van der Waals surface area contributed by atoms with Gasteiger partial charge in [-0.25, -0.2) is 15.0 Å². The van der Waals surface area contributed by atoms with Gasteiger partial charge in [0.05, 0.1) is 16.9 Å². The van der Waals surface area contributed by atoms with E-state index in [1.54, 1.807) is 0 Å². The highest BCUT2D eigenvalue weighted by Crippen LogP contribution is 2.25. The molecule has 0 spiro atoms. The van der Waals surface area contributed by atoms with Crippen LogP contribution in [0.15, 0.2) is 66.7 Å². The Bertz CT molecular complexity index is 1220. The predicted molar refractivity (Wildman–Crippen MR) is 120 cm³/mol. The predicted octanol–water partition coefficient (Wildman–Crippen LogP) is 3.78. The van der Waals surface area contributed by atoms with Crippen molar-refractivity contribution in [1.82, 2.24) is 15.0 Å². The minimum Gasteiger partial charge on any atom is -0.368 e. The molecule has 7 heteroatoms. The number of amides is 1. The van der Waals surface area contributed by atoms with Gasteiger partial charge in [-0.05, 0) is 29.8 Å². The zero-order valence-electron chi connectivity index (χ0n) is 16.8. The van der Waals surface area contributed by atoms with Crippen molar-refractivity contribution in [3.05, 3.63) is 78.0 Å². The molecule has 0 aliphatic heterocycles. The minimum atomic E-state index is -0.191. The molecular formula is C24H21N5O2. The van der Waals surface area contributed by atoms with E-state index in [0.717, 1.165) is 28.8 Å². The number of hydrogen-bond donors (Lipinski definition) is 2. The van der Waals surface area contributed by atoms with Crippen molar-refractivity contribution in [2.75, 3.05) is 11.1 Å². The third-order valence-corrected chi connectivity index (χ3v) is 4.80. The van der Waals surface area contributed by atoms with Gasteiger partial charge in [-0.3, -0.25) is 4.79 Å². The van der Waals surface area contributed by atoms with Crippen molar-refractivity contribution in [3.63, 3.8) is 0 Å². The summed E-state index contributed by atoms with van der Waals surface area (Å²) >= 11 is 0. The van der Waals surface area contributed by atoms with E-state index < -0.39 is 0 Å². The molecule has 0 atom stereocenters. The van der Waals surface area contributed by atoms with E-state index in [4.69, 9.17) is 10.7 Å². The lowest BCUT2D eigenvalue weighted by Gasteiger charge is -2.09. The maximum atomic E-state index is 11.8. The van der Waals surface area contributed by atoms with Gasteiger partial charge in [-0.2, -0.15) is 0 Å². The molecule has 0 saturated heterocycles. The van der Waals surface area contributed by atoms with Gasteiger partial charge in [0.2, 0.25) is 11.9 Å². The summed E-state index contributed by atoms with van der Waals surface area (Å²) in [5.74, 6) is 0.0339.